The van der Waals surface area contributed by atoms with Crippen LogP contribution < -0.4 is 0 Å². The zero-order chi connectivity index (χ0) is 10.6. The Hall–Kier alpha value is -1.09. The number of ketones is 1. The predicted octanol–water partition coefficient (Wildman–Crippen LogP) is 1.55. The molecule has 0 unspecified atom stereocenters. The van der Waals surface area contributed by atoms with Gasteiger partial charge in [-0.25, -0.2) is 0 Å². The molecule has 0 aliphatic carbocycles. The second-order valence-electron chi connectivity index (χ2n) is 3.73. The molecule has 0 atom stereocenters. The van der Waals surface area contributed by atoms with Crippen molar-refractivity contribution in [3.63, 3.8) is 0 Å². The van der Waals surface area contributed by atoms with Crippen LogP contribution in [0.3, 0.4) is 0 Å². The molecule has 3 nitrogen and oxygen atoms in total. The molecule has 0 N–H and O–H groups in total. The molecule has 0 radical (unpaired) electrons. The lowest BCUT2D eigenvalue weighted by atomic mass is 10.2. The molecule has 78 valence electrons. The highest BCUT2D eigenvalue weighted by Crippen LogP contribution is 2.02. The fourth-order valence-corrected chi connectivity index (χ4v) is 1.47. The molecule has 0 saturated heterocycles. The number of carbonyl (C=O) groups is 1. The van der Waals surface area contributed by atoms with Gasteiger partial charge in [-0.05, 0) is 26.1 Å². The monoisotopic (exact) mass is 194 g/mol. The predicted molar refractivity (Wildman–Crippen MR) is 57.5 cm³/mol. The minimum Gasteiger partial charge on any atom is -0.357 e. The van der Waals surface area contributed by atoms with Gasteiger partial charge in [-0.2, -0.15) is 0 Å². The molecular weight excluding hydrogens is 176 g/mol. The number of aryl methyl sites for hydroxylation is 1. The van der Waals surface area contributed by atoms with Crippen LogP contribution in [0.5, 0.6) is 0 Å². The van der Waals surface area contributed by atoms with Crippen LogP contribution >= 0.6 is 0 Å². The van der Waals surface area contributed by atoms with Gasteiger partial charge >= 0.3 is 0 Å². The highest BCUT2D eigenvalue weighted by molar-refractivity contribution is 5.97. The Morgan fingerprint density at radius 1 is 1.57 bits per heavy atom. The lowest BCUT2D eigenvalue weighted by Crippen LogP contribution is -2.26. The molecule has 1 rings (SSSR count). The maximum atomic E-state index is 11.7. The number of hydrogen-bond acceptors (Lipinski definition) is 2. The highest BCUT2D eigenvalue weighted by Gasteiger charge is 2.09. The molecule has 3 heteroatoms. The van der Waals surface area contributed by atoms with Gasteiger partial charge in [-0.3, -0.25) is 9.69 Å². The first-order chi connectivity index (χ1) is 6.63. The van der Waals surface area contributed by atoms with E-state index < -0.39 is 0 Å². The van der Waals surface area contributed by atoms with Gasteiger partial charge in [0, 0.05) is 25.0 Å². The van der Waals surface area contributed by atoms with Crippen LogP contribution in [0.15, 0.2) is 18.5 Å². The van der Waals surface area contributed by atoms with Crippen LogP contribution in [-0.2, 0) is 7.05 Å². The number of nitrogens with zero attached hydrogens (tertiary/aromatic N) is 2. The summed E-state index contributed by atoms with van der Waals surface area (Å²) in [5.41, 5.74) is 0.801. The minimum atomic E-state index is 0.196. The Kier molecular flexibility index (Phi) is 3.89. The molecule has 0 spiro atoms. The Balaban J connectivity index is 2.50. The summed E-state index contributed by atoms with van der Waals surface area (Å²) in [5, 5.41) is 0. The first-order valence-corrected chi connectivity index (χ1v) is 4.97. The molecule has 0 saturated carbocycles. The zero-order valence-electron chi connectivity index (χ0n) is 9.16. The third-order valence-corrected chi connectivity index (χ3v) is 2.17. The first-order valence-electron chi connectivity index (χ1n) is 4.97. The Labute approximate surface area is 85.3 Å². The minimum absolute atomic E-state index is 0.196. The second kappa shape index (κ2) is 4.96. The summed E-state index contributed by atoms with van der Waals surface area (Å²) < 4.78 is 1.90. The number of Topliss-reactive ketones (excluding diaryl/α,β-unsaturated/α-hetero) is 1. The number of hydrogen-bond donors (Lipinski definition) is 0. The fraction of sp³-hybridized carbons (Fsp3) is 0.545. The quantitative estimate of drug-likeness (QED) is 0.664. The molecule has 0 aliphatic heterocycles. The van der Waals surface area contributed by atoms with Gasteiger partial charge in [-0.1, -0.05) is 6.92 Å². The van der Waals surface area contributed by atoms with Crippen LogP contribution in [0.1, 0.15) is 23.7 Å². The van der Waals surface area contributed by atoms with Crippen molar-refractivity contribution in [1.82, 2.24) is 9.47 Å². The van der Waals surface area contributed by atoms with E-state index in [1.165, 1.54) is 0 Å². The maximum Gasteiger partial charge on any atom is 0.178 e. The molecular formula is C11H18N2O. The van der Waals surface area contributed by atoms with E-state index in [0.717, 1.165) is 18.5 Å². The van der Waals surface area contributed by atoms with Crippen molar-refractivity contribution in [1.29, 1.82) is 0 Å². The molecule has 1 heterocycles. The summed E-state index contributed by atoms with van der Waals surface area (Å²) >= 11 is 0. The second-order valence-corrected chi connectivity index (χ2v) is 3.73. The number of rotatable bonds is 5. The Morgan fingerprint density at radius 3 is 2.79 bits per heavy atom. The van der Waals surface area contributed by atoms with Crippen LogP contribution in [0.2, 0.25) is 0 Å². The van der Waals surface area contributed by atoms with Gasteiger partial charge in [0.25, 0.3) is 0 Å². The van der Waals surface area contributed by atoms with E-state index in [4.69, 9.17) is 0 Å². The van der Waals surface area contributed by atoms with Crippen molar-refractivity contribution in [3.05, 3.63) is 24.0 Å². The number of likely N-dealkylation sites (N-methyl/N-ethyl adjacent to an activating group) is 1. The lowest BCUT2D eigenvalue weighted by molar-refractivity contribution is 0.0946. The van der Waals surface area contributed by atoms with E-state index >= 15 is 0 Å². The largest absolute Gasteiger partial charge is 0.357 e. The first kappa shape index (κ1) is 11.0. The van der Waals surface area contributed by atoms with Crippen LogP contribution in [0, 0.1) is 0 Å². The smallest absolute Gasteiger partial charge is 0.178 e. The van der Waals surface area contributed by atoms with Crippen molar-refractivity contribution in [2.75, 3.05) is 20.1 Å². The van der Waals surface area contributed by atoms with Gasteiger partial charge in [0.2, 0.25) is 0 Å². The number of carbonyl (C=O) groups excluding carboxylic acids is 1. The molecule has 0 aliphatic rings. The van der Waals surface area contributed by atoms with Crippen LogP contribution in [0.25, 0.3) is 0 Å². The van der Waals surface area contributed by atoms with Crippen molar-refractivity contribution in [3.8, 4) is 0 Å². The van der Waals surface area contributed by atoms with Crippen molar-refractivity contribution < 1.29 is 4.79 Å². The lowest BCUT2D eigenvalue weighted by Gasteiger charge is -2.13. The van der Waals surface area contributed by atoms with Gasteiger partial charge < -0.3 is 4.57 Å². The Bertz CT molecular complexity index is 304. The van der Waals surface area contributed by atoms with E-state index in [9.17, 15) is 4.79 Å². The third kappa shape index (κ3) is 3.00. The summed E-state index contributed by atoms with van der Waals surface area (Å²) in [4.78, 5) is 13.7. The normalized spacial score (nSPS) is 10.9. The van der Waals surface area contributed by atoms with Gasteiger partial charge in [0.1, 0.15) is 0 Å². The van der Waals surface area contributed by atoms with E-state index in [1.807, 2.05) is 37.1 Å². The van der Waals surface area contributed by atoms with Crippen molar-refractivity contribution in [2.45, 2.75) is 13.3 Å². The third-order valence-electron chi connectivity index (χ3n) is 2.17. The van der Waals surface area contributed by atoms with Crippen LogP contribution in [0.4, 0.5) is 0 Å². The summed E-state index contributed by atoms with van der Waals surface area (Å²) in [5.74, 6) is 0.196. The van der Waals surface area contributed by atoms with Gasteiger partial charge in [-0.15, -0.1) is 0 Å². The highest BCUT2D eigenvalue weighted by atomic mass is 16.1. The van der Waals surface area contributed by atoms with E-state index in [0.29, 0.717) is 6.54 Å². The molecule has 1 aromatic heterocycles. The molecule has 0 aromatic carbocycles. The van der Waals surface area contributed by atoms with E-state index in [1.54, 1.807) is 0 Å². The summed E-state index contributed by atoms with van der Waals surface area (Å²) in [6, 6.07) is 1.86. The van der Waals surface area contributed by atoms with Gasteiger partial charge in [0.05, 0.1) is 6.54 Å². The van der Waals surface area contributed by atoms with Gasteiger partial charge in [0.15, 0.2) is 5.78 Å². The molecule has 0 fully saturated rings. The van der Waals surface area contributed by atoms with Crippen molar-refractivity contribution >= 4 is 5.78 Å². The topological polar surface area (TPSA) is 25.2 Å². The van der Waals surface area contributed by atoms with E-state index in [2.05, 4.69) is 11.8 Å². The molecule has 0 amide bonds. The zero-order valence-corrected chi connectivity index (χ0v) is 9.16. The summed E-state index contributed by atoms with van der Waals surface area (Å²) in [7, 11) is 3.90. The van der Waals surface area contributed by atoms with E-state index in [-0.39, 0.29) is 5.78 Å². The summed E-state index contributed by atoms with van der Waals surface area (Å²) in [6.45, 7) is 3.60. The number of aromatic nitrogens is 1. The standard InChI is InChI=1S/C11H18N2O/c1-4-6-12(2)9-11(14)10-5-7-13(3)8-10/h5,7-8H,4,6,9H2,1-3H3. The molecule has 0 bridgehead atoms. The van der Waals surface area contributed by atoms with Crippen LogP contribution in [-0.4, -0.2) is 35.4 Å². The maximum absolute atomic E-state index is 11.7. The Morgan fingerprint density at radius 2 is 2.29 bits per heavy atom. The molecule has 14 heavy (non-hydrogen) atoms. The average Bonchev–Trinajstić information content (AvgIpc) is 2.52. The SMILES string of the molecule is CCCN(C)CC(=O)c1ccn(C)c1. The average molecular weight is 194 g/mol. The summed E-state index contributed by atoms with van der Waals surface area (Å²) in [6.07, 6.45) is 4.84. The van der Waals surface area contributed by atoms with Crippen molar-refractivity contribution in [2.24, 2.45) is 7.05 Å². The fourth-order valence-electron chi connectivity index (χ4n) is 1.47. The molecule has 1 aromatic rings.